The average molecular weight is 397 g/mol. The highest BCUT2D eigenvalue weighted by Gasteiger charge is 2.24. The number of aromatic nitrogens is 1. The maximum absolute atomic E-state index is 11.1. The van der Waals surface area contributed by atoms with Gasteiger partial charge in [-0.2, -0.15) is 0 Å². The first-order chi connectivity index (χ1) is 14.1. The van der Waals surface area contributed by atoms with Crippen molar-refractivity contribution in [2.45, 2.75) is 64.5 Å². The number of carbonyl (C=O) groups is 1. The van der Waals surface area contributed by atoms with Gasteiger partial charge in [0.05, 0.1) is 23.2 Å². The van der Waals surface area contributed by atoms with Crippen molar-refractivity contribution in [3.8, 4) is 5.75 Å². The van der Waals surface area contributed by atoms with Gasteiger partial charge < -0.3 is 9.84 Å². The Labute approximate surface area is 173 Å². The fourth-order valence-corrected chi connectivity index (χ4v) is 4.72. The van der Waals surface area contributed by atoms with E-state index in [1.807, 2.05) is 6.07 Å². The number of likely N-dealkylation sites (tertiary alicyclic amines) is 1. The number of rotatable bonds is 6. The summed E-state index contributed by atoms with van der Waals surface area (Å²) in [5.74, 6) is 0.975. The molecular formula is C24H32N2O3. The van der Waals surface area contributed by atoms with E-state index in [9.17, 15) is 4.79 Å². The van der Waals surface area contributed by atoms with E-state index in [1.54, 1.807) is 0 Å². The number of hydrogen-bond acceptors (Lipinski definition) is 4. The highest BCUT2D eigenvalue weighted by Crippen LogP contribution is 2.30. The Morgan fingerprint density at radius 2 is 1.86 bits per heavy atom. The van der Waals surface area contributed by atoms with Crippen molar-refractivity contribution in [2.24, 2.45) is 11.8 Å². The molecular weight excluding hydrogens is 364 g/mol. The highest BCUT2D eigenvalue weighted by molar-refractivity contribution is 5.80. The molecule has 156 valence electrons. The Morgan fingerprint density at radius 1 is 1.10 bits per heavy atom. The quantitative estimate of drug-likeness (QED) is 0.754. The summed E-state index contributed by atoms with van der Waals surface area (Å²) in [5.41, 5.74) is 2.03. The third kappa shape index (κ3) is 5.08. The summed E-state index contributed by atoms with van der Waals surface area (Å²) < 4.78 is 6.25. The molecule has 4 rings (SSSR count). The van der Waals surface area contributed by atoms with Crippen LogP contribution in [0.3, 0.4) is 0 Å². The Bertz CT molecular complexity index is 837. The van der Waals surface area contributed by atoms with Crippen LogP contribution in [-0.4, -0.2) is 40.2 Å². The molecule has 1 saturated heterocycles. The number of carboxylic acid groups (broad SMARTS) is 1. The highest BCUT2D eigenvalue weighted by atomic mass is 16.5. The molecule has 1 aromatic heterocycles. The first kappa shape index (κ1) is 20.1. The zero-order valence-corrected chi connectivity index (χ0v) is 17.3. The lowest BCUT2D eigenvalue weighted by molar-refractivity contribution is -0.143. The monoisotopic (exact) mass is 396 g/mol. The molecule has 1 aliphatic heterocycles. The number of benzene rings is 1. The molecule has 2 heterocycles. The Balaban J connectivity index is 1.35. The van der Waals surface area contributed by atoms with Gasteiger partial charge in [0.1, 0.15) is 5.75 Å². The van der Waals surface area contributed by atoms with E-state index in [4.69, 9.17) is 14.8 Å². The Hall–Kier alpha value is -2.14. The van der Waals surface area contributed by atoms with Gasteiger partial charge in [0, 0.05) is 11.9 Å². The molecule has 5 heteroatoms. The second-order valence-electron chi connectivity index (χ2n) is 8.71. The molecule has 1 saturated carbocycles. The summed E-state index contributed by atoms with van der Waals surface area (Å²) in [6.45, 7) is 4.71. The maximum atomic E-state index is 11.1. The Morgan fingerprint density at radius 3 is 2.55 bits per heavy atom. The lowest BCUT2D eigenvalue weighted by Gasteiger charge is -2.29. The van der Waals surface area contributed by atoms with E-state index < -0.39 is 5.97 Å². The fourth-order valence-electron chi connectivity index (χ4n) is 4.72. The molecule has 2 aromatic rings. The third-order valence-electron chi connectivity index (χ3n) is 6.71. The average Bonchev–Trinajstić information content (AvgIpc) is 2.75. The van der Waals surface area contributed by atoms with Crippen molar-refractivity contribution in [1.29, 1.82) is 0 Å². The molecule has 0 bridgehead atoms. The van der Waals surface area contributed by atoms with Crippen LogP contribution in [0.4, 0.5) is 0 Å². The van der Waals surface area contributed by atoms with Crippen LogP contribution in [0.5, 0.6) is 5.75 Å². The van der Waals surface area contributed by atoms with E-state index in [-0.39, 0.29) is 5.92 Å². The van der Waals surface area contributed by atoms with Crippen molar-refractivity contribution in [1.82, 2.24) is 9.88 Å². The van der Waals surface area contributed by atoms with Crippen LogP contribution < -0.4 is 4.74 Å². The molecule has 5 nitrogen and oxygen atoms in total. The van der Waals surface area contributed by atoms with Crippen molar-refractivity contribution in [3.63, 3.8) is 0 Å². The van der Waals surface area contributed by atoms with E-state index in [0.717, 1.165) is 73.6 Å². The smallest absolute Gasteiger partial charge is 0.306 e. The zero-order valence-electron chi connectivity index (χ0n) is 17.3. The molecule has 0 unspecified atom stereocenters. The molecule has 0 atom stereocenters. The first-order valence-corrected chi connectivity index (χ1v) is 11.1. The number of hydrogen-bond donors (Lipinski definition) is 1. The minimum absolute atomic E-state index is 0.189. The predicted octanol–water partition coefficient (Wildman–Crippen LogP) is 4.88. The topological polar surface area (TPSA) is 62.7 Å². The minimum Gasteiger partial charge on any atom is -0.490 e. The first-order valence-electron chi connectivity index (χ1n) is 11.1. The minimum atomic E-state index is -0.662. The number of ether oxygens (including phenoxy) is 1. The third-order valence-corrected chi connectivity index (χ3v) is 6.71. The predicted molar refractivity (Wildman–Crippen MR) is 114 cm³/mol. The van der Waals surface area contributed by atoms with E-state index in [1.165, 1.54) is 19.3 Å². The van der Waals surface area contributed by atoms with Gasteiger partial charge in [0.2, 0.25) is 0 Å². The molecule has 2 aliphatic rings. The SMILES string of the molecule is CC[C@H]1CC[C@H](Oc2ccc3nc(CN4CCC(C(=O)O)CC4)ccc3c2)CC1. The van der Waals surface area contributed by atoms with Crippen LogP contribution in [0.1, 0.15) is 57.6 Å². The molecule has 1 N–H and O–H groups in total. The molecule has 29 heavy (non-hydrogen) atoms. The van der Waals surface area contributed by atoms with Gasteiger partial charge in [0.25, 0.3) is 0 Å². The molecule has 0 spiro atoms. The largest absolute Gasteiger partial charge is 0.490 e. The molecule has 2 fully saturated rings. The normalized spacial score (nSPS) is 23.9. The van der Waals surface area contributed by atoms with Crippen molar-refractivity contribution >= 4 is 16.9 Å². The van der Waals surface area contributed by atoms with Crippen molar-refractivity contribution < 1.29 is 14.6 Å². The van der Waals surface area contributed by atoms with E-state index in [2.05, 4.69) is 36.1 Å². The maximum Gasteiger partial charge on any atom is 0.306 e. The van der Waals surface area contributed by atoms with Gasteiger partial charge in [-0.05, 0) is 81.8 Å². The van der Waals surface area contributed by atoms with Crippen LogP contribution >= 0.6 is 0 Å². The lowest BCUT2D eigenvalue weighted by atomic mass is 9.86. The molecule has 0 radical (unpaired) electrons. The van der Waals surface area contributed by atoms with Gasteiger partial charge in [-0.1, -0.05) is 19.4 Å². The number of aliphatic carboxylic acids is 1. The fraction of sp³-hybridized carbons (Fsp3) is 0.583. The van der Waals surface area contributed by atoms with Crippen LogP contribution in [0.25, 0.3) is 10.9 Å². The standard InChI is InChI=1S/C24H32N2O3/c1-2-17-3-7-21(8-4-17)29-22-9-10-23-19(15-22)5-6-20(25-23)16-26-13-11-18(12-14-26)24(27)28/h5-6,9-10,15,17-18,21H,2-4,7-8,11-14,16H2,1H3,(H,27,28)/t17-,21-. The summed E-state index contributed by atoms with van der Waals surface area (Å²) in [6.07, 6.45) is 7.96. The summed E-state index contributed by atoms with van der Waals surface area (Å²) in [4.78, 5) is 18.2. The van der Waals surface area contributed by atoms with Gasteiger partial charge >= 0.3 is 5.97 Å². The summed E-state index contributed by atoms with van der Waals surface area (Å²) in [6, 6.07) is 10.4. The van der Waals surface area contributed by atoms with Crippen LogP contribution in [0, 0.1) is 11.8 Å². The number of fused-ring (bicyclic) bond motifs is 1. The summed E-state index contributed by atoms with van der Waals surface area (Å²) in [7, 11) is 0. The summed E-state index contributed by atoms with van der Waals surface area (Å²) in [5, 5.41) is 10.2. The van der Waals surface area contributed by atoms with Crippen molar-refractivity contribution in [2.75, 3.05) is 13.1 Å². The zero-order chi connectivity index (χ0) is 20.2. The molecule has 1 aliphatic carbocycles. The second-order valence-corrected chi connectivity index (χ2v) is 8.71. The Kier molecular flexibility index (Phi) is 6.34. The number of pyridine rings is 1. The lowest BCUT2D eigenvalue weighted by Crippen LogP contribution is -2.36. The van der Waals surface area contributed by atoms with Gasteiger partial charge in [-0.25, -0.2) is 0 Å². The number of carboxylic acids is 1. The van der Waals surface area contributed by atoms with Gasteiger partial charge in [0.15, 0.2) is 0 Å². The van der Waals surface area contributed by atoms with Crippen LogP contribution in [0.2, 0.25) is 0 Å². The molecule has 0 amide bonds. The molecule has 1 aromatic carbocycles. The van der Waals surface area contributed by atoms with Gasteiger partial charge in [-0.3, -0.25) is 14.7 Å². The van der Waals surface area contributed by atoms with E-state index in [0.29, 0.717) is 6.10 Å². The van der Waals surface area contributed by atoms with E-state index >= 15 is 0 Å². The second kappa shape index (κ2) is 9.12. The summed E-state index contributed by atoms with van der Waals surface area (Å²) >= 11 is 0. The number of piperidine rings is 1. The number of nitrogens with zero attached hydrogens (tertiary/aromatic N) is 2. The van der Waals surface area contributed by atoms with Crippen LogP contribution in [-0.2, 0) is 11.3 Å². The van der Waals surface area contributed by atoms with Crippen LogP contribution in [0.15, 0.2) is 30.3 Å². The van der Waals surface area contributed by atoms with Crippen molar-refractivity contribution in [3.05, 3.63) is 36.0 Å². The van der Waals surface area contributed by atoms with Gasteiger partial charge in [-0.15, -0.1) is 0 Å².